The van der Waals surface area contributed by atoms with E-state index in [1.165, 1.54) is 23.6 Å². The van der Waals surface area contributed by atoms with Gasteiger partial charge in [-0.15, -0.1) is 11.8 Å². The van der Waals surface area contributed by atoms with Crippen LogP contribution in [0.3, 0.4) is 0 Å². The number of carbonyl (C=O) groups excluding carboxylic acids is 1. The summed E-state index contributed by atoms with van der Waals surface area (Å²) in [4.78, 5) is 17.2. The number of nitrogens with two attached hydrogens (primary N) is 1. The van der Waals surface area contributed by atoms with E-state index in [4.69, 9.17) is 19.7 Å². The van der Waals surface area contributed by atoms with Crippen LogP contribution in [0.1, 0.15) is 5.56 Å². The number of nitrogen functional groups attached to an aromatic ring is 1. The maximum atomic E-state index is 12.7. The molecule has 0 bridgehead atoms. The summed E-state index contributed by atoms with van der Waals surface area (Å²) in [6.45, 7) is 1.89. The molecule has 0 radical (unpaired) electrons. The molecule has 10 nitrogen and oxygen atoms in total. The fraction of sp³-hybridized carbons (Fsp3) is 0.217. The summed E-state index contributed by atoms with van der Waals surface area (Å²) in [5.41, 5.74) is 9.32. The van der Waals surface area contributed by atoms with E-state index in [9.17, 15) is 4.79 Å². The lowest BCUT2D eigenvalue weighted by atomic mass is 10.1. The Morgan fingerprint density at radius 2 is 1.97 bits per heavy atom. The zero-order valence-electron chi connectivity index (χ0n) is 19.2. The van der Waals surface area contributed by atoms with Gasteiger partial charge in [-0.2, -0.15) is 10.1 Å². The molecule has 0 unspecified atom stereocenters. The number of hydrogen-bond acceptors (Lipinski definition) is 9. The van der Waals surface area contributed by atoms with Gasteiger partial charge in [-0.05, 0) is 31.4 Å². The molecule has 2 aromatic heterocycles. The molecule has 2 aromatic carbocycles. The van der Waals surface area contributed by atoms with Gasteiger partial charge in [0.1, 0.15) is 23.0 Å². The van der Waals surface area contributed by atoms with Gasteiger partial charge < -0.3 is 25.0 Å². The second kappa shape index (κ2) is 9.87. The van der Waals surface area contributed by atoms with Crippen LogP contribution >= 0.6 is 11.8 Å². The molecule has 11 heteroatoms. The van der Waals surface area contributed by atoms with Crippen molar-refractivity contribution in [3.8, 4) is 34.3 Å². The monoisotopic (exact) mass is 480 g/mol. The van der Waals surface area contributed by atoms with Crippen LogP contribution in [0.2, 0.25) is 0 Å². The number of ether oxygens (including phenoxy) is 2. The number of rotatable bonds is 8. The first-order chi connectivity index (χ1) is 16.4. The summed E-state index contributed by atoms with van der Waals surface area (Å²) >= 11 is 1.37. The lowest BCUT2D eigenvalue weighted by Gasteiger charge is -2.11. The molecule has 0 atom stereocenters. The summed E-state index contributed by atoms with van der Waals surface area (Å²) in [6.07, 6.45) is 1.86. The van der Waals surface area contributed by atoms with Crippen LogP contribution in [0, 0.1) is 6.92 Å². The molecular formula is C23H24N6O4S. The highest BCUT2D eigenvalue weighted by atomic mass is 32.2. The summed E-state index contributed by atoms with van der Waals surface area (Å²) in [5.74, 6) is 1.70. The minimum absolute atomic E-state index is 0.105. The number of aromatic nitrogens is 4. The first kappa shape index (κ1) is 23.2. The van der Waals surface area contributed by atoms with Gasteiger partial charge in [0.15, 0.2) is 11.5 Å². The summed E-state index contributed by atoms with van der Waals surface area (Å²) in [5, 5.41) is 11.9. The molecule has 0 fully saturated rings. The third-order valence-electron chi connectivity index (χ3n) is 5.03. The van der Waals surface area contributed by atoms with Crippen LogP contribution in [0.25, 0.3) is 22.8 Å². The van der Waals surface area contributed by atoms with Crippen molar-refractivity contribution >= 4 is 29.2 Å². The zero-order valence-corrected chi connectivity index (χ0v) is 20.0. The van der Waals surface area contributed by atoms with Crippen LogP contribution < -0.4 is 20.5 Å². The second-order valence-electron chi connectivity index (χ2n) is 7.34. The number of benzene rings is 2. The average molecular weight is 481 g/mol. The number of aryl methyl sites for hydroxylation is 1. The number of nitrogens with one attached hydrogen (secondary N) is 1. The Morgan fingerprint density at radius 3 is 2.68 bits per heavy atom. The minimum atomic E-state index is -0.313. The van der Waals surface area contributed by atoms with Crippen molar-refractivity contribution in [3.05, 3.63) is 48.0 Å². The van der Waals surface area contributed by atoms with Crippen molar-refractivity contribution in [2.75, 3.05) is 31.5 Å². The number of methoxy groups -OCH3 is 2. The first-order valence-electron chi connectivity index (χ1n) is 10.3. The minimum Gasteiger partial charge on any atom is -0.493 e. The lowest BCUT2D eigenvalue weighted by Crippen LogP contribution is -2.20. The highest BCUT2D eigenvalue weighted by molar-refractivity contribution is 7.98. The molecule has 2 heterocycles. The van der Waals surface area contributed by atoms with Gasteiger partial charge in [-0.1, -0.05) is 28.9 Å². The summed E-state index contributed by atoms with van der Waals surface area (Å²) in [7, 11) is 3.08. The quantitative estimate of drug-likeness (QED) is 0.361. The van der Waals surface area contributed by atoms with Gasteiger partial charge in [0.2, 0.25) is 11.7 Å². The van der Waals surface area contributed by atoms with Gasteiger partial charge in [-0.25, -0.2) is 4.68 Å². The molecule has 0 aliphatic heterocycles. The Morgan fingerprint density at radius 1 is 1.18 bits per heavy atom. The predicted octanol–water partition coefficient (Wildman–Crippen LogP) is 3.87. The number of hydrogen-bond donors (Lipinski definition) is 2. The molecule has 0 spiro atoms. The van der Waals surface area contributed by atoms with E-state index in [1.807, 2.05) is 37.4 Å². The Kier molecular flexibility index (Phi) is 6.73. The van der Waals surface area contributed by atoms with Gasteiger partial charge in [0.05, 0.1) is 14.2 Å². The normalized spacial score (nSPS) is 10.8. The van der Waals surface area contributed by atoms with Crippen molar-refractivity contribution in [2.45, 2.75) is 18.5 Å². The van der Waals surface area contributed by atoms with E-state index < -0.39 is 0 Å². The van der Waals surface area contributed by atoms with Crippen molar-refractivity contribution in [1.29, 1.82) is 0 Å². The molecule has 0 saturated heterocycles. The highest BCUT2D eigenvalue weighted by Gasteiger charge is 2.24. The smallest absolute Gasteiger partial charge is 0.264 e. The van der Waals surface area contributed by atoms with E-state index in [0.717, 1.165) is 11.1 Å². The van der Waals surface area contributed by atoms with Gasteiger partial charge >= 0.3 is 0 Å². The molecule has 0 aliphatic carbocycles. The number of carbonyl (C=O) groups is 1. The van der Waals surface area contributed by atoms with Crippen molar-refractivity contribution < 1.29 is 18.8 Å². The van der Waals surface area contributed by atoms with Crippen molar-refractivity contribution in [2.24, 2.45) is 0 Å². The largest absolute Gasteiger partial charge is 0.493 e. The second-order valence-corrected chi connectivity index (χ2v) is 8.13. The molecule has 34 heavy (non-hydrogen) atoms. The van der Waals surface area contributed by atoms with Crippen LogP contribution in [-0.2, 0) is 11.3 Å². The van der Waals surface area contributed by atoms with Crippen molar-refractivity contribution in [1.82, 2.24) is 19.9 Å². The fourth-order valence-corrected chi connectivity index (χ4v) is 3.97. The summed E-state index contributed by atoms with van der Waals surface area (Å²) in [6, 6.07) is 12.9. The maximum Gasteiger partial charge on any atom is 0.264 e. The fourth-order valence-electron chi connectivity index (χ4n) is 3.39. The predicted molar refractivity (Wildman–Crippen MR) is 130 cm³/mol. The Labute approximate surface area is 200 Å². The third kappa shape index (κ3) is 4.69. The molecular weight excluding hydrogens is 456 g/mol. The molecule has 4 rings (SSSR count). The Bertz CT molecular complexity index is 1330. The average Bonchev–Trinajstić information content (AvgIpc) is 3.43. The number of amides is 1. The highest BCUT2D eigenvalue weighted by Crippen LogP contribution is 2.35. The van der Waals surface area contributed by atoms with Crippen LogP contribution in [0.5, 0.6) is 11.5 Å². The number of nitrogens with zero attached hydrogens (tertiary/aromatic N) is 4. The van der Waals surface area contributed by atoms with Crippen LogP contribution in [0.4, 0.5) is 11.5 Å². The molecule has 3 N–H and O–H groups in total. The standard InChI is InChI=1S/C23H24N6O4S/c1-13-6-5-7-14(10-13)21-26-22(33-28-21)19-20(24)29(27-23(19)34-4)12-18(30)25-15-8-9-16(31-2)17(11-15)32-3/h5-11H,12,24H2,1-4H3,(H,25,30). The van der Waals surface area contributed by atoms with E-state index in [-0.39, 0.29) is 24.2 Å². The molecule has 0 aliphatic rings. The maximum absolute atomic E-state index is 12.7. The van der Waals surface area contributed by atoms with E-state index >= 15 is 0 Å². The summed E-state index contributed by atoms with van der Waals surface area (Å²) < 4.78 is 17.4. The van der Waals surface area contributed by atoms with E-state index in [2.05, 4.69) is 20.6 Å². The van der Waals surface area contributed by atoms with Crippen LogP contribution in [-0.4, -0.2) is 46.3 Å². The van der Waals surface area contributed by atoms with Crippen molar-refractivity contribution in [3.63, 3.8) is 0 Å². The van der Waals surface area contributed by atoms with Gasteiger partial charge in [0.25, 0.3) is 5.89 Å². The molecule has 176 valence electrons. The molecule has 4 aromatic rings. The number of anilines is 2. The lowest BCUT2D eigenvalue weighted by molar-refractivity contribution is -0.116. The molecule has 1 amide bonds. The topological polar surface area (TPSA) is 130 Å². The van der Waals surface area contributed by atoms with Gasteiger partial charge in [0, 0.05) is 17.3 Å². The van der Waals surface area contributed by atoms with Gasteiger partial charge in [-0.3, -0.25) is 4.79 Å². The Hall–Kier alpha value is -3.99. The first-order valence-corrected chi connectivity index (χ1v) is 11.5. The number of thioether (sulfide) groups is 1. The Balaban J connectivity index is 1.56. The molecule has 0 saturated carbocycles. The van der Waals surface area contributed by atoms with Crippen LogP contribution in [0.15, 0.2) is 52.0 Å². The van der Waals surface area contributed by atoms with E-state index in [0.29, 0.717) is 33.6 Å². The SMILES string of the molecule is COc1ccc(NC(=O)Cn2nc(SC)c(-c3nc(-c4cccc(C)c4)no3)c2N)cc1OC. The van der Waals surface area contributed by atoms with E-state index in [1.54, 1.807) is 25.3 Å². The zero-order chi connectivity index (χ0) is 24.2. The third-order valence-corrected chi connectivity index (χ3v) is 5.70.